The number of benzene rings is 3. The fourth-order valence-corrected chi connectivity index (χ4v) is 2.72. The standard InChI is InChI=1S/C23H18F3NO4/c24-23(25,26)20-5-1-3-17(11-20)14-30-21-6-2-4-19(12-21)18-9-7-16(8-10-18)13-27-31-15-22(28)29/h1-13H,14-15H2,(H,28,29). The summed E-state index contributed by atoms with van der Waals surface area (Å²) in [5.41, 5.74) is 2.21. The minimum atomic E-state index is -4.39. The first kappa shape index (κ1) is 21.9. The second-order valence-corrected chi connectivity index (χ2v) is 6.54. The molecule has 0 amide bonds. The fourth-order valence-electron chi connectivity index (χ4n) is 2.72. The summed E-state index contributed by atoms with van der Waals surface area (Å²) in [7, 11) is 0. The molecule has 0 unspecified atom stereocenters. The number of rotatable bonds is 8. The van der Waals surface area contributed by atoms with Gasteiger partial charge in [0.05, 0.1) is 11.8 Å². The Balaban J connectivity index is 1.64. The highest BCUT2D eigenvalue weighted by molar-refractivity contribution is 5.80. The van der Waals surface area contributed by atoms with Crippen molar-refractivity contribution in [3.8, 4) is 16.9 Å². The molecule has 0 bridgehead atoms. The van der Waals surface area contributed by atoms with Crippen LogP contribution < -0.4 is 4.74 Å². The van der Waals surface area contributed by atoms with E-state index in [1.165, 1.54) is 12.3 Å². The molecule has 3 aromatic rings. The van der Waals surface area contributed by atoms with Crippen LogP contribution in [0.3, 0.4) is 0 Å². The van der Waals surface area contributed by atoms with Crippen molar-refractivity contribution in [1.29, 1.82) is 0 Å². The predicted octanol–water partition coefficient (Wildman–Crippen LogP) is 5.39. The monoisotopic (exact) mass is 429 g/mol. The fraction of sp³-hybridized carbons (Fsp3) is 0.130. The Morgan fingerprint density at radius 1 is 0.968 bits per heavy atom. The maximum absolute atomic E-state index is 12.8. The summed E-state index contributed by atoms with van der Waals surface area (Å²) in [6, 6.07) is 19.5. The molecule has 3 aromatic carbocycles. The van der Waals surface area contributed by atoms with Crippen LogP contribution in [0.5, 0.6) is 5.75 Å². The van der Waals surface area contributed by atoms with Crippen molar-refractivity contribution in [2.45, 2.75) is 12.8 Å². The smallest absolute Gasteiger partial charge is 0.416 e. The van der Waals surface area contributed by atoms with Gasteiger partial charge in [-0.2, -0.15) is 13.2 Å². The van der Waals surface area contributed by atoms with Crippen molar-refractivity contribution in [2.24, 2.45) is 5.16 Å². The molecule has 0 atom stereocenters. The molecule has 0 radical (unpaired) electrons. The zero-order valence-corrected chi connectivity index (χ0v) is 16.2. The van der Waals surface area contributed by atoms with Crippen LogP contribution in [0.2, 0.25) is 0 Å². The third kappa shape index (κ3) is 6.60. The number of ether oxygens (including phenoxy) is 1. The molecule has 0 heterocycles. The van der Waals surface area contributed by atoms with Crippen LogP contribution in [0, 0.1) is 0 Å². The molecule has 0 aliphatic rings. The highest BCUT2D eigenvalue weighted by Gasteiger charge is 2.30. The molecular weight excluding hydrogens is 411 g/mol. The zero-order valence-electron chi connectivity index (χ0n) is 16.2. The highest BCUT2D eigenvalue weighted by atomic mass is 19.4. The number of halogens is 3. The number of alkyl halides is 3. The van der Waals surface area contributed by atoms with E-state index >= 15 is 0 Å². The first-order valence-electron chi connectivity index (χ1n) is 9.18. The minimum absolute atomic E-state index is 0.0130. The molecule has 1 N–H and O–H groups in total. The van der Waals surface area contributed by atoms with Gasteiger partial charge in [-0.05, 0) is 46.5 Å². The van der Waals surface area contributed by atoms with Crippen molar-refractivity contribution in [3.05, 3.63) is 89.5 Å². The Hall–Kier alpha value is -3.81. The van der Waals surface area contributed by atoms with Gasteiger partial charge in [0, 0.05) is 0 Å². The largest absolute Gasteiger partial charge is 0.489 e. The summed E-state index contributed by atoms with van der Waals surface area (Å²) in [5, 5.41) is 12.1. The first-order chi connectivity index (χ1) is 14.8. The van der Waals surface area contributed by atoms with Crippen LogP contribution in [0.1, 0.15) is 16.7 Å². The number of hydrogen-bond donors (Lipinski definition) is 1. The van der Waals surface area contributed by atoms with Crippen LogP contribution in [0.4, 0.5) is 13.2 Å². The lowest BCUT2D eigenvalue weighted by Gasteiger charge is -2.11. The third-order valence-electron chi connectivity index (χ3n) is 4.20. The topological polar surface area (TPSA) is 68.1 Å². The van der Waals surface area contributed by atoms with Crippen molar-refractivity contribution < 1.29 is 32.6 Å². The number of nitrogens with zero attached hydrogens (tertiary/aromatic N) is 1. The van der Waals surface area contributed by atoms with Gasteiger partial charge in [0.25, 0.3) is 0 Å². The van der Waals surface area contributed by atoms with Crippen molar-refractivity contribution >= 4 is 12.2 Å². The summed E-state index contributed by atoms with van der Waals surface area (Å²) >= 11 is 0. The van der Waals surface area contributed by atoms with Gasteiger partial charge in [0.1, 0.15) is 12.4 Å². The molecule has 0 aliphatic heterocycles. The van der Waals surface area contributed by atoms with E-state index in [2.05, 4.69) is 9.99 Å². The van der Waals surface area contributed by atoms with E-state index in [0.29, 0.717) is 11.3 Å². The molecule has 0 spiro atoms. The summed E-state index contributed by atoms with van der Waals surface area (Å²) in [5.74, 6) is -0.578. The normalized spacial score (nSPS) is 11.5. The van der Waals surface area contributed by atoms with Gasteiger partial charge < -0.3 is 14.7 Å². The van der Waals surface area contributed by atoms with E-state index in [4.69, 9.17) is 9.84 Å². The molecule has 31 heavy (non-hydrogen) atoms. The van der Waals surface area contributed by atoms with Gasteiger partial charge in [-0.15, -0.1) is 0 Å². The molecule has 3 rings (SSSR count). The maximum atomic E-state index is 12.8. The van der Waals surface area contributed by atoms with Gasteiger partial charge >= 0.3 is 12.1 Å². The Bertz CT molecular complexity index is 1060. The molecule has 0 saturated carbocycles. The number of carboxylic acids is 1. The Labute approximate surface area is 176 Å². The molecule has 0 aliphatic carbocycles. The molecule has 5 nitrogen and oxygen atoms in total. The molecule has 0 fully saturated rings. The van der Waals surface area contributed by atoms with Gasteiger partial charge in [-0.1, -0.05) is 53.7 Å². The number of carboxylic acid groups (broad SMARTS) is 1. The third-order valence-corrected chi connectivity index (χ3v) is 4.20. The van der Waals surface area contributed by atoms with Crippen LogP contribution in [-0.2, 0) is 22.4 Å². The number of aliphatic carboxylic acids is 1. The lowest BCUT2D eigenvalue weighted by Crippen LogP contribution is -2.06. The van der Waals surface area contributed by atoms with Crippen molar-refractivity contribution in [1.82, 2.24) is 0 Å². The van der Waals surface area contributed by atoms with E-state index in [9.17, 15) is 18.0 Å². The molecule has 0 aromatic heterocycles. The van der Waals surface area contributed by atoms with Crippen LogP contribution in [-0.4, -0.2) is 23.9 Å². The van der Waals surface area contributed by atoms with Crippen molar-refractivity contribution in [2.75, 3.05) is 6.61 Å². The second kappa shape index (κ2) is 9.80. The van der Waals surface area contributed by atoms with Gasteiger partial charge in [-0.3, -0.25) is 0 Å². The molecular formula is C23H18F3NO4. The number of oxime groups is 1. The lowest BCUT2D eigenvalue weighted by atomic mass is 10.0. The summed E-state index contributed by atoms with van der Waals surface area (Å²) in [6.07, 6.45) is -2.99. The SMILES string of the molecule is O=C(O)CON=Cc1ccc(-c2cccc(OCc3cccc(C(F)(F)F)c3)c2)cc1. The van der Waals surface area contributed by atoms with E-state index in [1.807, 2.05) is 18.2 Å². The van der Waals surface area contributed by atoms with E-state index in [1.54, 1.807) is 36.4 Å². The predicted molar refractivity (Wildman–Crippen MR) is 109 cm³/mol. The lowest BCUT2D eigenvalue weighted by molar-refractivity contribution is -0.142. The summed E-state index contributed by atoms with van der Waals surface area (Å²) < 4.78 is 44.2. The van der Waals surface area contributed by atoms with Crippen LogP contribution in [0.25, 0.3) is 11.1 Å². The molecule has 160 valence electrons. The quantitative estimate of drug-likeness (QED) is 0.385. The molecule has 0 saturated heterocycles. The van der Waals surface area contributed by atoms with E-state index in [0.717, 1.165) is 28.8 Å². The van der Waals surface area contributed by atoms with Crippen LogP contribution in [0.15, 0.2) is 78.0 Å². The van der Waals surface area contributed by atoms with E-state index in [-0.39, 0.29) is 6.61 Å². The van der Waals surface area contributed by atoms with Crippen LogP contribution >= 0.6 is 0 Å². The Morgan fingerprint density at radius 2 is 1.71 bits per heavy atom. The summed E-state index contributed by atoms with van der Waals surface area (Å²) in [4.78, 5) is 15.0. The second-order valence-electron chi connectivity index (χ2n) is 6.54. The van der Waals surface area contributed by atoms with Gasteiger partial charge in [0.2, 0.25) is 6.61 Å². The average Bonchev–Trinajstić information content (AvgIpc) is 2.75. The highest BCUT2D eigenvalue weighted by Crippen LogP contribution is 2.30. The number of hydrogen-bond acceptors (Lipinski definition) is 4. The summed E-state index contributed by atoms with van der Waals surface area (Å²) in [6.45, 7) is -0.499. The Kier molecular flexibility index (Phi) is 6.92. The zero-order chi connectivity index (χ0) is 22.3. The van der Waals surface area contributed by atoms with E-state index < -0.39 is 24.3 Å². The minimum Gasteiger partial charge on any atom is -0.489 e. The maximum Gasteiger partial charge on any atom is 0.416 e. The van der Waals surface area contributed by atoms with Gasteiger partial charge in [0.15, 0.2) is 0 Å². The van der Waals surface area contributed by atoms with Gasteiger partial charge in [-0.25, -0.2) is 4.79 Å². The molecule has 8 heteroatoms. The number of carbonyl (C=O) groups is 1. The Morgan fingerprint density at radius 3 is 2.42 bits per heavy atom. The average molecular weight is 429 g/mol. The van der Waals surface area contributed by atoms with Crippen molar-refractivity contribution in [3.63, 3.8) is 0 Å². The first-order valence-corrected chi connectivity index (χ1v) is 9.18.